The number of nitrogen functional groups attached to an aromatic ring is 1. The summed E-state index contributed by atoms with van der Waals surface area (Å²) in [6.45, 7) is 1.33. The van der Waals surface area contributed by atoms with Crippen LogP contribution in [0.2, 0.25) is 0 Å². The number of nitrogens with zero attached hydrogens (tertiary/aromatic N) is 2. The van der Waals surface area contributed by atoms with Crippen molar-refractivity contribution in [2.24, 2.45) is 0 Å². The molecule has 0 radical (unpaired) electrons. The van der Waals surface area contributed by atoms with E-state index in [1.807, 2.05) is 35.2 Å². The van der Waals surface area contributed by atoms with Crippen LogP contribution >= 0.6 is 0 Å². The quantitative estimate of drug-likeness (QED) is 0.888. The first kappa shape index (κ1) is 11.7. The fraction of sp³-hybridized carbons (Fsp3) is 0.200. The molecular weight excluding hydrogens is 238 g/mol. The molecule has 1 aliphatic heterocycles. The summed E-state index contributed by atoms with van der Waals surface area (Å²) in [6.07, 6.45) is 2.63. The van der Waals surface area contributed by atoms with Crippen molar-refractivity contribution in [3.8, 4) is 0 Å². The van der Waals surface area contributed by atoms with Gasteiger partial charge in [-0.15, -0.1) is 0 Å². The maximum Gasteiger partial charge on any atom is 0.254 e. The zero-order chi connectivity index (χ0) is 13.2. The van der Waals surface area contributed by atoms with Gasteiger partial charge in [-0.3, -0.25) is 4.79 Å². The Hall–Kier alpha value is -2.36. The van der Waals surface area contributed by atoms with Crippen molar-refractivity contribution in [1.82, 2.24) is 9.88 Å². The van der Waals surface area contributed by atoms with E-state index in [4.69, 9.17) is 5.73 Å². The summed E-state index contributed by atoms with van der Waals surface area (Å²) in [6, 6.07) is 11.5. The number of carbonyl (C=O) groups is 1. The molecule has 0 spiro atoms. The van der Waals surface area contributed by atoms with Crippen molar-refractivity contribution in [3.05, 3.63) is 59.3 Å². The molecule has 0 unspecified atom stereocenters. The molecule has 1 aliphatic rings. The van der Waals surface area contributed by atoms with Crippen molar-refractivity contribution in [2.45, 2.75) is 13.0 Å². The predicted octanol–water partition coefficient (Wildman–Crippen LogP) is 1.86. The molecule has 3 rings (SSSR count). The van der Waals surface area contributed by atoms with Gasteiger partial charge in [0.1, 0.15) is 5.82 Å². The minimum Gasteiger partial charge on any atom is -0.384 e. The molecule has 19 heavy (non-hydrogen) atoms. The van der Waals surface area contributed by atoms with E-state index < -0.39 is 0 Å². The van der Waals surface area contributed by atoms with Crippen molar-refractivity contribution >= 4 is 11.7 Å². The Balaban J connectivity index is 1.81. The van der Waals surface area contributed by atoms with Crippen LogP contribution < -0.4 is 5.73 Å². The highest BCUT2D eigenvalue weighted by atomic mass is 16.2. The van der Waals surface area contributed by atoms with Gasteiger partial charge in [-0.25, -0.2) is 4.98 Å². The largest absolute Gasteiger partial charge is 0.384 e. The number of anilines is 1. The Labute approximate surface area is 111 Å². The number of carbonyl (C=O) groups excluding carboxylic acids is 1. The molecule has 1 aromatic heterocycles. The van der Waals surface area contributed by atoms with Gasteiger partial charge in [0.15, 0.2) is 0 Å². The summed E-state index contributed by atoms with van der Waals surface area (Å²) in [5.41, 5.74) is 8.52. The first-order chi connectivity index (χ1) is 9.24. The lowest BCUT2D eigenvalue weighted by molar-refractivity contribution is 0.0727. The molecule has 4 nitrogen and oxygen atoms in total. The van der Waals surface area contributed by atoms with Crippen LogP contribution in [0.4, 0.5) is 5.82 Å². The van der Waals surface area contributed by atoms with Gasteiger partial charge in [0.05, 0.1) is 0 Å². The topological polar surface area (TPSA) is 59.2 Å². The minimum absolute atomic E-state index is 0.0960. The Bertz CT molecular complexity index is 607. The Morgan fingerprint density at radius 2 is 2.05 bits per heavy atom. The van der Waals surface area contributed by atoms with Crippen molar-refractivity contribution in [1.29, 1.82) is 0 Å². The van der Waals surface area contributed by atoms with Gasteiger partial charge in [0, 0.05) is 24.8 Å². The molecule has 0 fully saturated rings. The third kappa shape index (κ3) is 2.29. The van der Waals surface area contributed by atoms with Gasteiger partial charge in [-0.2, -0.15) is 0 Å². The van der Waals surface area contributed by atoms with Gasteiger partial charge in [-0.1, -0.05) is 24.3 Å². The average molecular weight is 253 g/mol. The van der Waals surface area contributed by atoms with E-state index in [2.05, 4.69) is 4.98 Å². The maximum absolute atomic E-state index is 12.4. The summed E-state index contributed by atoms with van der Waals surface area (Å²) >= 11 is 0. The molecule has 1 aromatic carbocycles. The standard InChI is InChI=1S/C15H15N3O/c16-14-6-5-11(9-17-14)10-18-8-7-12-3-1-2-4-13(12)15(18)19/h1-6,9H,7-8,10H2,(H2,16,17). The van der Waals surface area contributed by atoms with E-state index >= 15 is 0 Å². The molecule has 1 amide bonds. The second-order valence-electron chi connectivity index (χ2n) is 4.73. The molecule has 0 saturated heterocycles. The molecule has 0 aliphatic carbocycles. The third-order valence-electron chi connectivity index (χ3n) is 3.41. The van der Waals surface area contributed by atoms with E-state index in [0.717, 1.165) is 29.7 Å². The highest BCUT2D eigenvalue weighted by Crippen LogP contribution is 2.20. The van der Waals surface area contributed by atoms with Crippen LogP contribution in [-0.4, -0.2) is 22.3 Å². The zero-order valence-electron chi connectivity index (χ0n) is 10.5. The highest BCUT2D eigenvalue weighted by molar-refractivity contribution is 5.96. The minimum atomic E-state index is 0.0960. The summed E-state index contributed by atoms with van der Waals surface area (Å²) in [4.78, 5) is 18.3. The van der Waals surface area contributed by atoms with Gasteiger partial charge < -0.3 is 10.6 Å². The normalized spacial score (nSPS) is 14.3. The van der Waals surface area contributed by atoms with E-state index in [1.165, 1.54) is 0 Å². The predicted molar refractivity (Wildman–Crippen MR) is 73.5 cm³/mol. The van der Waals surface area contributed by atoms with Crippen LogP contribution in [0.5, 0.6) is 0 Å². The van der Waals surface area contributed by atoms with Crippen molar-refractivity contribution in [3.63, 3.8) is 0 Å². The van der Waals surface area contributed by atoms with E-state index in [0.29, 0.717) is 12.4 Å². The van der Waals surface area contributed by atoms with Crippen molar-refractivity contribution in [2.75, 3.05) is 12.3 Å². The van der Waals surface area contributed by atoms with Crippen LogP contribution in [0.1, 0.15) is 21.5 Å². The number of fused-ring (bicyclic) bond motifs is 1. The maximum atomic E-state index is 12.4. The molecule has 4 heteroatoms. The molecule has 0 bridgehead atoms. The van der Waals surface area contributed by atoms with E-state index in [9.17, 15) is 4.79 Å². The number of pyridine rings is 1. The number of amides is 1. The van der Waals surface area contributed by atoms with Gasteiger partial charge in [-0.05, 0) is 29.7 Å². The average Bonchev–Trinajstić information content (AvgIpc) is 2.45. The monoisotopic (exact) mass is 253 g/mol. The summed E-state index contributed by atoms with van der Waals surface area (Å²) < 4.78 is 0. The molecule has 0 atom stereocenters. The highest BCUT2D eigenvalue weighted by Gasteiger charge is 2.23. The number of benzene rings is 1. The smallest absolute Gasteiger partial charge is 0.254 e. The third-order valence-corrected chi connectivity index (χ3v) is 3.41. The Morgan fingerprint density at radius 3 is 2.84 bits per heavy atom. The molecule has 96 valence electrons. The van der Waals surface area contributed by atoms with Gasteiger partial charge in [0.25, 0.3) is 5.91 Å². The lowest BCUT2D eigenvalue weighted by atomic mass is 9.99. The van der Waals surface area contributed by atoms with Gasteiger partial charge in [0.2, 0.25) is 0 Å². The second-order valence-corrected chi connectivity index (χ2v) is 4.73. The van der Waals surface area contributed by atoms with Crippen LogP contribution in [-0.2, 0) is 13.0 Å². The molecule has 2 heterocycles. The van der Waals surface area contributed by atoms with Crippen molar-refractivity contribution < 1.29 is 4.79 Å². The van der Waals surface area contributed by atoms with Gasteiger partial charge >= 0.3 is 0 Å². The van der Waals surface area contributed by atoms with E-state index in [1.54, 1.807) is 12.3 Å². The van der Waals surface area contributed by atoms with Crippen LogP contribution in [0.15, 0.2) is 42.6 Å². The fourth-order valence-electron chi connectivity index (χ4n) is 2.37. The summed E-state index contributed by atoms with van der Waals surface area (Å²) in [5, 5.41) is 0. The zero-order valence-corrected chi connectivity index (χ0v) is 10.5. The summed E-state index contributed by atoms with van der Waals surface area (Å²) in [7, 11) is 0. The van der Waals surface area contributed by atoms with Crippen LogP contribution in [0.3, 0.4) is 0 Å². The molecular formula is C15H15N3O. The summed E-state index contributed by atoms with van der Waals surface area (Å²) in [5.74, 6) is 0.595. The molecule has 2 N–H and O–H groups in total. The number of nitrogens with two attached hydrogens (primary N) is 1. The van der Waals surface area contributed by atoms with Crippen LogP contribution in [0, 0.1) is 0 Å². The molecule has 0 saturated carbocycles. The fourth-order valence-corrected chi connectivity index (χ4v) is 2.37. The van der Waals surface area contributed by atoms with E-state index in [-0.39, 0.29) is 5.91 Å². The molecule has 2 aromatic rings. The Kier molecular flexibility index (Phi) is 2.91. The number of hydrogen-bond acceptors (Lipinski definition) is 3. The second kappa shape index (κ2) is 4.72. The lowest BCUT2D eigenvalue weighted by Crippen LogP contribution is -2.36. The number of hydrogen-bond donors (Lipinski definition) is 1. The SMILES string of the molecule is Nc1ccc(CN2CCc3ccccc3C2=O)cn1. The number of aromatic nitrogens is 1. The number of rotatable bonds is 2. The lowest BCUT2D eigenvalue weighted by Gasteiger charge is -2.28. The first-order valence-corrected chi connectivity index (χ1v) is 6.31. The first-order valence-electron chi connectivity index (χ1n) is 6.31. The Morgan fingerprint density at radius 1 is 1.21 bits per heavy atom. The van der Waals surface area contributed by atoms with Crippen LogP contribution in [0.25, 0.3) is 0 Å².